The fourth-order valence-electron chi connectivity index (χ4n) is 6.27. The number of aromatic nitrogens is 1. The molecule has 2 saturated heterocycles. The summed E-state index contributed by atoms with van der Waals surface area (Å²) in [5.74, 6) is -4.90. The number of nitro groups is 1. The van der Waals surface area contributed by atoms with Gasteiger partial charge in [0.2, 0.25) is 11.8 Å². The molecule has 41 heavy (non-hydrogen) atoms. The zero-order valence-electron chi connectivity index (χ0n) is 22.5. The van der Waals surface area contributed by atoms with Crippen LogP contribution in [0.25, 0.3) is 10.9 Å². The Labute approximate surface area is 241 Å². The number of rotatable bonds is 11. The first-order chi connectivity index (χ1) is 19.7. The van der Waals surface area contributed by atoms with E-state index in [1.54, 1.807) is 6.20 Å². The number of likely N-dealkylation sites (tertiary alicyclic amines) is 1. The van der Waals surface area contributed by atoms with E-state index in [0.29, 0.717) is 12.0 Å². The van der Waals surface area contributed by atoms with E-state index in [9.17, 15) is 29.6 Å². The van der Waals surface area contributed by atoms with Crippen LogP contribution >= 0.6 is 11.6 Å². The number of carbonyl (C=O) groups excluding carboxylic acids is 2. The van der Waals surface area contributed by atoms with Crippen molar-refractivity contribution in [2.45, 2.75) is 50.6 Å². The van der Waals surface area contributed by atoms with Crippen molar-refractivity contribution in [3.05, 3.63) is 87.1 Å². The van der Waals surface area contributed by atoms with Crippen molar-refractivity contribution in [1.29, 1.82) is 0 Å². The average Bonchev–Trinajstić information content (AvgIpc) is 3.59. The van der Waals surface area contributed by atoms with Gasteiger partial charge in [0.05, 0.1) is 22.8 Å². The van der Waals surface area contributed by atoms with Gasteiger partial charge >= 0.3 is 5.97 Å². The summed E-state index contributed by atoms with van der Waals surface area (Å²) in [5.41, 5.74) is -0.703. The van der Waals surface area contributed by atoms with Crippen LogP contribution in [0.15, 0.2) is 60.8 Å². The number of hydrogen-bond donors (Lipinski definition) is 3. The summed E-state index contributed by atoms with van der Waals surface area (Å²) in [7, 11) is 0. The summed E-state index contributed by atoms with van der Waals surface area (Å²) in [6, 6.07) is 10.2. The van der Waals surface area contributed by atoms with Crippen molar-refractivity contribution in [3.8, 4) is 0 Å². The lowest BCUT2D eigenvalue weighted by atomic mass is 9.76. The molecule has 2 aliphatic rings. The highest BCUT2D eigenvalue weighted by molar-refractivity contribution is 6.30. The molecule has 3 heterocycles. The maximum absolute atomic E-state index is 13.9. The molecule has 5 rings (SSSR count). The van der Waals surface area contributed by atoms with Gasteiger partial charge in [-0.25, -0.2) is 0 Å². The number of carboxylic acids is 1. The fraction of sp³-hybridized carbons (Fsp3) is 0.367. The summed E-state index contributed by atoms with van der Waals surface area (Å²) >= 11 is 6.23. The number of halogens is 1. The zero-order valence-corrected chi connectivity index (χ0v) is 23.3. The number of H-pyrrole nitrogens is 1. The first-order valence-corrected chi connectivity index (χ1v) is 14.1. The van der Waals surface area contributed by atoms with Crippen molar-refractivity contribution in [2.24, 2.45) is 11.8 Å². The summed E-state index contributed by atoms with van der Waals surface area (Å²) in [5, 5.41) is 26.8. The van der Waals surface area contributed by atoms with Crippen molar-refractivity contribution < 1.29 is 24.4 Å². The van der Waals surface area contributed by atoms with Crippen LogP contribution in [0.2, 0.25) is 5.02 Å². The number of carboxylic acid groups (broad SMARTS) is 1. The number of para-hydroxylation sites is 1. The Morgan fingerprint density at radius 3 is 2.66 bits per heavy atom. The van der Waals surface area contributed by atoms with Crippen molar-refractivity contribution in [2.75, 3.05) is 6.54 Å². The van der Waals surface area contributed by atoms with Gasteiger partial charge in [0.25, 0.3) is 5.69 Å². The van der Waals surface area contributed by atoms with Crippen molar-refractivity contribution in [3.63, 3.8) is 0 Å². The fourth-order valence-corrected chi connectivity index (χ4v) is 6.45. The first-order valence-electron chi connectivity index (χ1n) is 13.7. The van der Waals surface area contributed by atoms with E-state index in [1.165, 1.54) is 18.2 Å². The minimum Gasteiger partial charge on any atom is -0.480 e. The van der Waals surface area contributed by atoms with E-state index < -0.39 is 46.1 Å². The highest BCUT2D eigenvalue weighted by atomic mass is 35.5. The second-order valence-corrected chi connectivity index (χ2v) is 11.1. The van der Waals surface area contributed by atoms with Crippen LogP contribution in [0.1, 0.15) is 49.8 Å². The van der Waals surface area contributed by atoms with Gasteiger partial charge in [0.1, 0.15) is 5.54 Å². The Balaban J connectivity index is 1.59. The number of nitrogens with one attached hydrogen (secondary N) is 2. The Hall–Kier alpha value is -4.02. The molecule has 4 unspecified atom stereocenters. The molecule has 214 valence electrons. The number of amides is 2. The van der Waals surface area contributed by atoms with Gasteiger partial charge < -0.3 is 10.1 Å². The summed E-state index contributed by atoms with van der Waals surface area (Å²) < 4.78 is 0. The van der Waals surface area contributed by atoms with Gasteiger partial charge in [-0.05, 0) is 36.6 Å². The Bertz CT molecular complexity index is 1550. The van der Waals surface area contributed by atoms with Crippen LogP contribution in [-0.2, 0) is 20.8 Å². The number of nitro benzene ring substituents is 1. The summed E-state index contributed by atoms with van der Waals surface area (Å²) in [6.07, 6.45) is 8.90. The molecule has 2 aromatic carbocycles. The molecule has 0 saturated carbocycles. The number of nitrogens with zero attached hydrogens (tertiary/aromatic N) is 2. The molecule has 0 bridgehead atoms. The van der Waals surface area contributed by atoms with E-state index in [1.807, 2.05) is 36.4 Å². The van der Waals surface area contributed by atoms with Crippen LogP contribution in [0, 0.1) is 22.0 Å². The van der Waals surface area contributed by atoms with Gasteiger partial charge in [-0.2, -0.15) is 0 Å². The summed E-state index contributed by atoms with van der Waals surface area (Å²) in [6.45, 7) is 2.19. The maximum atomic E-state index is 13.9. The number of aliphatic carboxylic acids is 1. The lowest BCUT2D eigenvalue weighted by Crippen LogP contribution is -2.57. The highest BCUT2D eigenvalue weighted by Gasteiger charge is 2.68. The monoisotopic (exact) mass is 578 g/mol. The Morgan fingerprint density at radius 2 is 1.93 bits per heavy atom. The largest absolute Gasteiger partial charge is 0.480 e. The first kappa shape index (κ1) is 28.5. The van der Waals surface area contributed by atoms with E-state index in [4.69, 9.17) is 11.6 Å². The molecule has 10 nitrogen and oxygen atoms in total. The van der Waals surface area contributed by atoms with Gasteiger partial charge in [-0.15, -0.1) is 0 Å². The predicted molar refractivity (Wildman–Crippen MR) is 153 cm³/mol. The molecule has 0 radical (unpaired) electrons. The number of allylic oxidation sites excluding steroid dienone is 1. The molecule has 3 aromatic rings. The highest BCUT2D eigenvalue weighted by Crippen LogP contribution is 2.52. The van der Waals surface area contributed by atoms with Crippen LogP contribution in [0.3, 0.4) is 0 Å². The molecular weight excluding hydrogens is 548 g/mol. The summed E-state index contributed by atoms with van der Waals surface area (Å²) in [4.78, 5) is 56.7. The normalized spacial score (nSPS) is 24.0. The van der Waals surface area contributed by atoms with Crippen LogP contribution in [-0.4, -0.2) is 49.8 Å². The minimum atomic E-state index is -1.91. The SMILES string of the molecule is CCCC/C=C/CCN1C(=O)C2C(c3cc(Cl)ccc3[N+](=O)[O-])NC(Cc3c[nH]c4ccccc34)(C(=O)O)C2C1=O. The lowest BCUT2D eigenvalue weighted by Gasteiger charge is -2.31. The number of hydrogen-bond acceptors (Lipinski definition) is 6. The van der Waals surface area contributed by atoms with Crippen LogP contribution in [0.5, 0.6) is 0 Å². The van der Waals surface area contributed by atoms with Gasteiger partial charge in [0, 0.05) is 46.7 Å². The Kier molecular flexibility index (Phi) is 7.97. The Morgan fingerprint density at radius 1 is 1.17 bits per heavy atom. The molecule has 0 aliphatic carbocycles. The molecule has 11 heteroatoms. The molecule has 3 N–H and O–H groups in total. The third-order valence-electron chi connectivity index (χ3n) is 8.20. The predicted octanol–water partition coefficient (Wildman–Crippen LogP) is 5.18. The molecule has 1 aromatic heterocycles. The number of aromatic amines is 1. The minimum absolute atomic E-state index is 0.0713. The molecule has 2 amide bonds. The quantitative estimate of drug-likeness (QED) is 0.0934. The second kappa shape index (κ2) is 11.5. The van der Waals surface area contributed by atoms with Crippen molar-refractivity contribution in [1.82, 2.24) is 15.2 Å². The van der Waals surface area contributed by atoms with E-state index in [0.717, 1.165) is 35.1 Å². The van der Waals surface area contributed by atoms with Crippen LogP contribution in [0.4, 0.5) is 5.69 Å². The van der Waals surface area contributed by atoms with Gasteiger partial charge in [0.15, 0.2) is 0 Å². The van der Waals surface area contributed by atoms with E-state index in [2.05, 4.69) is 17.2 Å². The molecule has 4 atom stereocenters. The smallest absolute Gasteiger partial charge is 0.325 e. The van der Waals surface area contributed by atoms with E-state index in [-0.39, 0.29) is 29.2 Å². The van der Waals surface area contributed by atoms with Gasteiger partial charge in [-0.1, -0.05) is 61.7 Å². The van der Waals surface area contributed by atoms with Crippen molar-refractivity contribution >= 4 is 46.0 Å². The number of imide groups is 1. The number of fused-ring (bicyclic) bond motifs is 2. The maximum Gasteiger partial charge on any atom is 0.325 e. The van der Waals surface area contributed by atoms with Gasteiger partial charge in [-0.3, -0.25) is 34.7 Å². The molecular formula is C30H31ClN4O6. The number of carbonyl (C=O) groups is 3. The van der Waals surface area contributed by atoms with Crippen LogP contribution < -0.4 is 5.32 Å². The lowest BCUT2D eigenvalue weighted by molar-refractivity contribution is -0.385. The van der Waals surface area contributed by atoms with E-state index >= 15 is 0 Å². The average molecular weight is 579 g/mol. The third kappa shape index (κ3) is 5.02. The number of benzene rings is 2. The second-order valence-electron chi connectivity index (χ2n) is 10.6. The number of unbranched alkanes of at least 4 members (excludes halogenated alkanes) is 2. The molecule has 2 fully saturated rings. The zero-order chi connectivity index (χ0) is 29.3. The third-order valence-corrected chi connectivity index (χ3v) is 8.44. The molecule has 0 spiro atoms. The molecule has 2 aliphatic heterocycles. The standard InChI is InChI=1S/C30H31ClN4O6/c1-2-3-4-5-6-9-14-34-27(36)24-25(28(34)37)30(29(38)39,16-18-17-32-22-11-8-7-10-20(18)22)33-26(24)21-15-19(31)12-13-23(21)35(40)41/h5-8,10-13,15,17,24-26,32-33H,2-4,9,14,16H2,1H3,(H,38,39)/b6-5+. The topological polar surface area (TPSA) is 146 Å².